The third-order valence-electron chi connectivity index (χ3n) is 1.69. The Morgan fingerprint density at radius 3 is 3.08 bits per heavy atom. The van der Waals surface area contributed by atoms with E-state index in [1.54, 1.807) is 25.3 Å². The molecule has 0 aromatic carbocycles. The van der Waals surface area contributed by atoms with Crippen molar-refractivity contribution in [2.75, 3.05) is 17.6 Å². The molecule has 0 aliphatic rings. The number of nitrogens with one attached hydrogen (secondary N) is 1. The number of aliphatic hydroxyl groups excluding tert-OH is 1. The van der Waals surface area contributed by atoms with E-state index in [-0.39, 0.29) is 6.10 Å². The fraction of sp³-hybridized carbons (Fsp3) is 0.444. The van der Waals surface area contributed by atoms with E-state index >= 15 is 0 Å². The predicted octanol–water partition coefficient (Wildman–Crippen LogP) is 0.847. The lowest BCUT2D eigenvalue weighted by molar-refractivity contribution is 0.188. The second-order valence-corrected chi connectivity index (χ2v) is 3.01. The Morgan fingerprint density at radius 2 is 2.46 bits per heavy atom. The van der Waals surface area contributed by atoms with Gasteiger partial charge in [0.05, 0.1) is 11.8 Å². The van der Waals surface area contributed by atoms with Crippen LogP contribution >= 0.6 is 0 Å². The van der Waals surface area contributed by atoms with E-state index in [1.807, 2.05) is 0 Å². The van der Waals surface area contributed by atoms with Crippen molar-refractivity contribution >= 4 is 11.5 Å². The molecule has 1 aromatic heterocycles. The second-order valence-electron chi connectivity index (χ2n) is 3.01. The molecule has 0 spiro atoms. The fourth-order valence-corrected chi connectivity index (χ4v) is 0.965. The zero-order chi connectivity index (χ0) is 9.68. The molecule has 0 aliphatic carbocycles. The Bertz CT molecular complexity index is 263. The van der Waals surface area contributed by atoms with Crippen LogP contribution in [0.15, 0.2) is 18.3 Å². The molecule has 0 saturated heterocycles. The Balaban J connectivity index is 2.41. The van der Waals surface area contributed by atoms with Crippen molar-refractivity contribution in [3.8, 4) is 0 Å². The predicted molar refractivity (Wildman–Crippen MR) is 53.4 cm³/mol. The van der Waals surface area contributed by atoms with Crippen LogP contribution in [0.4, 0.5) is 11.5 Å². The summed E-state index contributed by atoms with van der Waals surface area (Å²) in [7, 11) is 0. The molecule has 0 fully saturated rings. The monoisotopic (exact) mass is 181 g/mol. The highest BCUT2D eigenvalue weighted by Crippen LogP contribution is 2.12. The number of pyridine rings is 1. The molecular formula is C9H15N3O. The smallest absolute Gasteiger partial charge is 0.149 e. The standard InChI is InChI=1S/C9H15N3O/c1-7(13)4-6-12-9-8(10)3-2-5-11-9/h2-3,5,7,13H,4,6,10H2,1H3,(H,11,12)/t7-/m1/s1. The summed E-state index contributed by atoms with van der Waals surface area (Å²) in [5.41, 5.74) is 6.28. The number of anilines is 2. The minimum absolute atomic E-state index is 0.294. The summed E-state index contributed by atoms with van der Waals surface area (Å²) < 4.78 is 0. The number of hydrogen-bond donors (Lipinski definition) is 3. The van der Waals surface area contributed by atoms with Crippen LogP contribution in [0.3, 0.4) is 0 Å². The largest absolute Gasteiger partial charge is 0.396 e. The van der Waals surface area contributed by atoms with E-state index in [0.717, 1.165) is 0 Å². The van der Waals surface area contributed by atoms with Gasteiger partial charge in [0, 0.05) is 12.7 Å². The van der Waals surface area contributed by atoms with Gasteiger partial charge in [0.1, 0.15) is 5.82 Å². The lowest BCUT2D eigenvalue weighted by Crippen LogP contribution is -2.11. The van der Waals surface area contributed by atoms with Gasteiger partial charge in [-0.15, -0.1) is 0 Å². The van der Waals surface area contributed by atoms with Crippen LogP contribution in [-0.4, -0.2) is 22.7 Å². The Morgan fingerprint density at radius 1 is 1.69 bits per heavy atom. The van der Waals surface area contributed by atoms with Gasteiger partial charge >= 0.3 is 0 Å². The molecule has 1 aromatic rings. The lowest BCUT2D eigenvalue weighted by Gasteiger charge is -2.08. The highest BCUT2D eigenvalue weighted by Gasteiger charge is 1.99. The van der Waals surface area contributed by atoms with Gasteiger partial charge in [-0.2, -0.15) is 0 Å². The number of rotatable bonds is 4. The lowest BCUT2D eigenvalue weighted by atomic mass is 10.3. The summed E-state index contributed by atoms with van der Waals surface area (Å²) in [5, 5.41) is 12.1. The second kappa shape index (κ2) is 4.67. The molecule has 13 heavy (non-hydrogen) atoms. The van der Waals surface area contributed by atoms with Crippen molar-refractivity contribution in [1.82, 2.24) is 4.98 Å². The summed E-state index contributed by atoms with van der Waals surface area (Å²) in [4.78, 5) is 4.06. The molecule has 0 aliphatic heterocycles. The van der Waals surface area contributed by atoms with E-state index in [0.29, 0.717) is 24.5 Å². The summed E-state index contributed by atoms with van der Waals surface area (Å²) in [6.07, 6.45) is 2.08. The van der Waals surface area contributed by atoms with Crippen LogP contribution in [0.5, 0.6) is 0 Å². The van der Waals surface area contributed by atoms with Gasteiger partial charge in [-0.3, -0.25) is 0 Å². The molecule has 1 heterocycles. The number of aromatic nitrogens is 1. The first kappa shape index (κ1) is 9.80. The number of hydrogen-bond acceptors (Lipinski definition) is 4. The van der Waals surface area contributed by atoms with E-state index in [1.165, 1.54) is 0 Å². The van der Waals surface area contributed by atoms with Gasteiger partial charge in [0.2, 0.25) is 0 Å². The third kappa shape index (κ3) is 3.29. The zero-order valence-electron chi connectivity index (χ0n) is 7.70. The van der Waals surface area contributed by atoms with Crippen molar-refractivity contribution in [3.05, 3.63) is 18.3 Å². The Hall–Kier alpha value is -1.29. The molecule has 0 saturated carbocycles. The molecule has 0 unspecified atom stereocenters. The van der Waals surface area contributed by atoms with E-state index in [9.17, 15) is 0 Å². The fourth-order valence-electron chi connectivity index (χ4n) is 0.965. The van der Waals surface area contributed by atoms with Crippen LogP contribution in [0.1, 0.15) is 13.3 Å². The Kier molecular flexibility index (Phi) is 3.52. The van der Waals surface area contributed by atoms with Gasteiger partial charge in [0.25, 0.3) is 0 Å². The van der Waals surface area contributed by atoms with E-state index in [4.69, 9.17) is 10.8 Å². The number of aliphatic hydroxyl groups is 1. The van der Waals surface area contributed by atoms with Crippen molar-refractivity contribution in [3.63, 3.8) is 0 Å². The molecule has 0 radical (unpaired) electrons. The SMILES string of the molecule is C[C@@H](O)CCNc1ncccc1N. The van der Waals surface area contributed by atoms with Crippen molar-refractivity contribution in [2.45, 2.75) is 19.4 Å². The molecule has 72 valence electrons. The van der Waals surface area contributed by atoms with Gasteiger partial charge in [-0.25, -0.2) is 4.98 Å². The van der Waals surface area contributed by atoms with Crippen LogP contribution in [-0.2, 0) is 0 Å². The van der Waals surface area contributed by atoms with E-state index < -0.39 is 0 Å². The van der Waals surface area contributed by atoms with Gasteiger partial charge in [-0.1, -0.05) is 0 Å². The maximum atomic E-state index is 9.01. The highest BCUT2D eigenvalue weighted by atomic mass is 16.3. The summed E-state index contributed by atoms with van der Waals surface area (Å²) in [6.45, 7) is 2.43. The van der Waals surface area contributed by atoms with Crippen LogP contribution in [0, 0.1) is 0 Å². The number of nitrogen functional groups attached to an aromatic ring is 1. The topological polar surface area (TPSA) is 71.2 Å². The van der Waals surface area contributed by atoms with Crippen LogP contribution in [0.2, 0.25) is 0 Å². The van der Waals surface area contributed by atoms with Crippen LogP contribution in [0.25, 0.3) is 0 Å². The van der Waals surface area contributed by atoms with Gasteiger partial charge in [0.15, 0.2) is 0 Å². The molecule has 1 atom stereocenters. The van der Waals surface area contributed by atoms with Crippen molar-refractivity contribution < 1.29 is 5.11 Å². The normalized spacial score (nSPS) is 12.5. The molecule has 4 N–H and O–H groups in total. The molecule has 4 heteroatoms. The first-order valence-electron chi connectivity index (χ1n) is 4.32. The summed E-state index contributed by atoms with van der Waals surface area (Å²) >= 11 is 0. The van der Waals surface area contributed by atoms with Gasteiger partial charge < -0.3 is 16.2 Å². The average molecular weight is 181 g/mol. The summed E-state index contributed by atoms with van der Waals surface area (Å²) in [5.74, 6) is 0.683. The Labute approximate surface area is 77.8 Å². The average Bonchev–Trinajstić information content (AvgIpc) is 2.08. The quantitative estimate of drug-likeness (QED) is 0.644. The first-order valence-corrected chi connectivity index (χ1v) is 4.32. The maximum Gasteiger partial charge on any atom is 0.149 e. The highest BCUT2D eigenvalue weighted by molar-refractivity contribution is 5.60. The number of nitrogens with two attached hydrogens (primary N) is 1. The zero-order valence-corrected chi connectivity index (χ0v) is 7.70. The minimum Gasteiger partial charge on any atom is -0.396 e. The first-order chi connectivity index (χ1) is 6.20. The maximum absolute atomic E-state index is 9.01. The van der Waals surface area contributed by atoms with E-state index in [2.05, 4.69) is 10.3 Å². The van der Waals surface area contributed by atoms with Gasteiger partial charge in [-0.05, 0) is 25.5 Å². The molecule has 4 nitrogen and oxygen atoms in total. The molecule has 1 rings (SSSR count). The molecule has 0 bridgehead atoms. The van der Waals surface area contributed by atoms with Crippen LogP contribution < -0.4 is 11.1 Å². The van der Waals surface area contributed by atoms with Crippen molar-refractivity contribution in [1.29, 1.82) is 0 Å². The molecular weight excluding hydrogens is 166 g/mol. The summed E-state index contributed by atoms with van der Waals surface area (Å²) in [6, 6.07) is 3.58. The van der Waals surface area contributed by atoms with Crippen molar-refractivity contribution in [2.24, 2.45) is 0 Å². The molecule has 0 amide bonds. The number of nitrogens with zero attached hydrogens (tertiary/aromatic N) is 1. The minimum atomic E-state index is -0.294. The third-order valence-corrected chi connectivity index (χ3v) is 1.69.